The summed E-state index contributed by atoms with van der Waals surface area (Å²) in [6, 6.07) is 10.1. The lowest BCUT2D eigenvalue weighted by molar-refractivity contribution is 0.468. The Morgan fingerprint density at radius 1 is 0.962 bits per heavy atom. The highest BCUT2D eigenvalue weighted by Gasteiger charge is 2.17. The second kappa shape index (κ2) is 7.56. The van der Waals surface area contributed by atoms with E-state index in [2.05, 4.69) is 20.3 Å². The van der Waals surface area contributed by atoms with Gasteiger partial charge >= 0.3 is 0 Å². The molecule has 3 N–H and O–H groups in total. The van der Waals surface area contributed by atoms with E-state index < -0.39 is 0 Å². The van der Waals surface area contributed by atoms with Crippen molar-refractivity contribution < 1.29 is 4.74 Å². The van der Waals surface area contributed by atoms with E-state index >= 15 is 0 Å². The number of ether oxygens (including phenoxy) is 1. The smallest absolute Gasteiger partial charge is 0.248 e. The third-order valence-electron chi connectivity index (χ3n) is 4.85. The first-order valence-corrected chi connectivity index (χ1v) is 9.20. The molecule has 0 unspecified atom stereocenters. The predicted octanol–water partition coefficient (Wildman–Crippen LogP) is 4.53. The van der Waals surface area contributed by atoms with Crippen molar-refractivity contribution in [3.05, 3.63) is 42.9 Å². The standard InChI is InChI=1S/C20H23N5O/c21-17-19(25-15-9-3-1-2-4-10-15)23-13-24-20(17)26-16-11-5-7-14-8-6-12-22-18(14)16/h5-8,11-13,15H,1-4,9-10,21H2,(H,23,24,25). The van der Waals surface area contributed by atoms with E-state index in [9.17, 15) is 0 Å². The van der Waals surface area contributed by atoms with E-state index in [1.54, 1.807) is 6.20 Å². The summed E-state index contributed by atoms with van der Waals surface area (Å²) in [5, 5.41) is 4.49. The number of nitrogens with two attached hydrogens (primary N) is 1. The van der Waals surface area contributed by atoms with Gasteiger partial charge in [0.1, 0.15) is 17.5 Å². The largest absolute Gasteiger partial charge is 0.435 e. The monoisotopic (exact) mass is 349 g/mol. The Balaban J connectivity index is 1.59. The molecule has 2 aromatic heterocycles. The van der Waals surface area contributed by atoms with Crippen LogP contribution < -0.4 is 15.8 Å². The van der Waals surface area contributed by atoms with E-state index in [0.29, 0.717) is 29.2 Å². The number of nitrogens with zero attached hydrogens (tertiary/aromatic N) is 3. The summed E-state index contributed by atoms with van der Waals surface area (Å²) in [4.78, 5) is 13.0. The topological polar surface area (TPSA) is 86.0 Å². The Morgan fingerprint density at radius 2 is 1.77 bits per heavy atom. The lowest BCUT2D eigenvalue weighted by Crippen LogP contribution is -2.20. The summed E-state index contributed by atoms with van der Waals surface area (Å²) >= 11 is 0. The van der Waals surface area contributed by atoms with Crippen molar-refractivity contribution in [1.29, 1.82) is 0 Å². The zero-order valence-corrected chi connectivity index (χ0v) is 14.7. The van der Waals surface area contributed by atoms with Crippen LogP contribution in [0.3, 0.4) is 0 Å². The molecule has 1 fully saturated rings. The Hall–Kier alpha value is -2.89. The molecule has 0 spiro atoms. The summed E-state index contributed by atoms with van der Waals surface area (Å²) in [5.74, 6) is 1.64. The Kier molecular flexibility index (Phi) is 4.82. The molecule has 6 nitrogen and oxygen atoms in total. The van der Waals surface area contributed by atoms with Crippen LogP contribution in [0.5, 0.6) is 11.6 Å². The van der Waals surface area contributed by atoms with Gasteiger partial charge in [0.25, 0.3) is 0 Å². The Bertz CT molecular complexity index is 885. The molecule has 0 atom stereocenters. The molecular weight excluding hydrogens is 326 g/mol. The van der Waals surface area contributed by atoms with E-state index in [1.165, 1.54) is 32.0 Å². The zero-order chi connectivity index (χ0) is 17.8. The minimum Gasteiger partial charge on any atom is -0.435 e. The Labute approximate surface area is 152 Å². The quantitative estimate of drug-likeness (QED) is 0.673. The van der Waals surface area contributed by atoms with Crippen molar-refractivity contribution in [1.82, 2.24) is 15.0 Å². The number of benzene rings is 1. The fraction of sp³-hybridized carbons (Fsp3) is 0.350. The van der Waals surface area contributed by atoms with Gasteiger partial charge < -0.3 is 15.8 Å². The van der Waals surface area contributed by atoms with Crippen LogP contribution in [0.1, 0.15) is 38.5 Å². The molecule has 0 radical (unpaired) electrons. The summed E-state index contributed by atoms with van der Waals surface area (Å²) in [5.41, 5.74) is 7.52. The van der Waals surface area contributed by atoms with Gasteiger partial charge in [0.05, 0.1) is 0 Å². The highest BCUT2D eigenvalue weighted by molar-refractivity contribution is 5.84. The van der Waals surface area contributed by atoms with Crippen LogP contribution in [0, 0.1) is 0 Å². The van der Waals surface area contributed by atoms with Gasteiger partial charge in [-0.15, -0.1) is 0 Å². The first-order chi connectivity index (χ1) is 12.8. The number of anilines is 2. The molecule has 0 amide bonds. The maximum atomic E-state index is 6.30. The first-order valence-electron chi connectivity index (χ1n) is 9.20. The second-order valence-electron chi connectivity index (χ2n) is 6.71. The van der Waals surface area contributed by atoms with Crippen LogP contribution in [0.4, 0.5) is 11.5 Å². The van der Waals surface area contributed by atoms with Gasteiger partial charge in [0.2, 0.25) is 5.88 Å². The van der Waals surface area contributed by atoms with Crippen molar-refractivity contribution >= 4 is 22.4 Å². The molecule has 0 aliphatic heterocycles. The number of aromatic nitrogens is 3. The number of para-hydroxylation sites is 1. The number of nitrogen functional groups attached to an aromatic ring is 1. The lowest BCUT2D eigenvalue weighted by atomic mass is 10.1. The highest BCUT2D eigenvalue weighted by Crippen LogP contribution is 2.33. The fourth-order valence-corrected chi connectivity index (χ4v) is 3.46. The third-order valence-corrected chi connectivity index (χ3v) is 4.85. The van der Waals surface area contributed by atoms with E-state index in [0.717, 1.165) is 23.7 Å². The van der Waals surface area contributed by atoms with E-state index in [4.69, 9.17) is 10.5 Å². The van der Waals surface area contributed by atoms with Gasteiger partial charge in [-0.1, -0.05) is 43.9 Å². The number of hydrogen-bond donors (Lipinski definition) is 2. The van der Waals surface area contributed by atoms with Crippen molar-refractivity contribution in [2.45, 2.75) is 44.6 Å². The van der Waals surface area contributed by atoms with Crippen molar-refractivity contribution in [2.24, 2.45) is 0 Å². The zero-order valence-electron chi connectivity index (χ0n) is 14.7. The Morgan fingerprint density at radius 3 is 2.62 bits per heavy atom. The SMILES string of the molecule is Nc1c(NC2CCCCCC2)ncnc1Oc1cccc2cccnc12. The number of fused-ring (bicyclic) bond motifs is 1. The van der Waals surface area contributed by atoms with Crippen LogP contribution in [0.15, 0.2) is 42.9 Å². The van der Waals surface area contributed by atoms with Crippen LogP contribution in [0.25, 0.3) is 10.9 Å². The van der Waals surface area contributed by atoms with Crippen LogP contribution in [0.2, 0.25) is 0 Å². The molecule has 1 aromatic carbocycles. The number of hydrogen-bond acceptors (Lipinski definition) is 6. The van der Waals surface area contributed by atoms with Crippen LogP contribution in [-0.2, 0) is 0 Å². The average molecular weight is 349 g/mol. The average Bonchev–Trinajstić information content (AvgIpc) is 2.94. The van der Waals surface area contributed by atoms with Gasteiger partial charge in [0.15, 0.2) is 11.6 Å². The number of pyridine rings is 1. The van der Waals surface area contributed by atoms with Gasteiger partial charge in [-0.05, 0) is 25.0 Å². The predicted molar refractivity (Wildman–Crippen MR) is 103 cm³/mol. The number of rotatable bonds is 4. The molecule has 2 heterocycles. The van der Waals surface area contributed by atoms with Gasteiger partial charge in [0, 0.05) is 17.6 Å². The molecular formula is C20H23N5O. The van der Waals surface area contributed by atoms with E-state index in [-0.39, 0.29) is 0 Å². The summed E-state index contributed by atoms with van der Waals surface area (Å²) in [6.07, 6.45) is 10.6. The summed E-state index contributed by atoms with van der Waals surface area (Å²) < 4.78 is 6.00. The fourth-order valence-electron chi connectivity index (χ4n) is 3.46. The molecule has 6 heteroatoms. The maximum Gasteiger partial charge on any atom is 0.248 e. The molecule has 4 rings (SSSR count). The minimum absolute atomic E-state index is 0.356. The maximum absolute atomic E-state index is 6.30. The summed E-state index contributed by atoms with van der Waals surface area (Å²) in [6.45, 7) is 0. The van der Waals surface area contributed by atoms with Gasteiger partial charge in [-0.25, -0.2) is 4.98 Å². The van der Waals surface area contributed by atoms with Crippen LogP contribution >= 0.6 is 0 Å². The van der Waals surface area contributed by atoms with Crippen molar-refractivity contribution in [3.63, 3.8) is 0 Å². The third kappa shape index (κ3) is 3.54. The molecule has 1 saturated carbocycles. The molecule has 0 bridgehead atoms. The van der Waals surface area contributed by atoms with E-state index in [1.807, 2.05) is 30.3 Å². The van der Waals surface area contributed by atoms with Crippen molar-refractivity contribution in [2.75, 3.05) is 11.1 Å². The van der Waals surface area contributed by atoms with Gasteiger partial charge in [-0.2, -0.15) is 4.98 Å². The number of nitrogens with one attached hydrogen (secondary N) is 1. The normalized spacial score (nSPS) is 15.5. The van der Waals surface area contributed by atoms with Crippen LogP contribution in [-0.4, -0.2) is 21.0 Å². The first kappa shape index (κ1) is 16.6. The lowest BCUT2D eigenvalue weighted by Gasteiger charge is -2.18. The second-order valence-corrected chi connectivity index (χ2v) is 6.71. The molecule has 3 aromatic rings. The van der Waals surface area contributed by atoms with Gasteiger partial charge in [-0.3, -0.25) is 4.98 Å². The van der Waals surface area contributed by atoms with Crippen molar-refractivity contribution in [3.8, 4) is 11.6 Å². The molecule has 1 aliphatic carbocycles. The molecule has 0 saturated heterocycles. The molecule has 1 aliphatic rings. The minimum atomic E-state index is 0.356. The molecule has 134 valence electrons. The molecule has 26 heavy (non-hydrogen) atoms. The summed E-state index contributed by atoms with van der Waals surface area (Å²) in [7, 11) is 0. The highest BCUT2D eigenvalue weighted by atomic mass is 16.5.